The summed E-state index contributed by atoms with van der Waals surface area (Å²) in [6.45, 7) is 4.52. The van der Waals surface area contributed by atoms with Gasteiger partial charge in [-0.2, -0.15) is 0 Å². The number of nitrogens with one attached hydrogen (secondary N) is 1. The smallest absolute Gasteiger partial charge is 0.251 e. The van der Waals surface area contributed by atoms with Crippen LogP contribution in [0.15, 0.2) is 23.1 Å². The standard InChI is InChI=1S/C15H23N3O2/c1-10-3-5-13(7-11(10)2)17-14(19)9-18-8-12(16)4-6-15(18)20/h4,6,8,10-11,13H,3,5,7,9,16H2,1-2H3,(H,17,19). The van der Waals surface area contributed by atoms with E-state index in [0.29, 0.717) is 11.6 Å². The normalized spacial score (nSPS) is 26.2. The Hall–Kier alpha value is -1.78. The minimum atomic E-state index is -0.208. The van der Waals surface area contributed by atoms with Gasteiger partial charge in [-0.1, -0.05) is 13.8 Å². The average molecular weight is 277 g/mol. The molecule has 20 heavy (non-hydrogen) atoms. The lowest BCUT2D eigenvalue weighted by atomic mass is 9.79. The highest BCUT2D eigenvalue weighted by molar-refractivity contribution is 5.76. The highest BCUT2D eigenvalue weighted by Gasteiger charge is 2.25. The molecule has 5 nitrogen and oxygen atoms in total. The van der Waals surface area contributed by atoms with Gasteiger partial charge in [0.15, 0.2) is 0 Å². The Morgan fingerprint density at radius 3 is 2.80 bits per heavy atom. The lowest BCUT2D eigenvalue weighted by Crippen LogP contribution is -2.42. The van der Waals surface area contributed by atoms with Crippen molar-refractivity contribution >= 4 is 11.6 Å². The molecule has 1 aromatic heterocycles. The zero-order chi connectivity index (χ0) is 14.7. The summed E-state index contributed by atoms with van der Waals surface area (Å²) in [4.78, 5) is 23.6. The molecule has 0 radical (unpaired) electrons. The van der Waals surface area contributed by atoms with Gasteiger partial charge in [0.2, 0.25) is 5.91 Å². The molecule has 1 saturated carbocycles. The highest BCUT2D eigenvalue weighted by Crippen LogP contribution is 2.29. The third-order valence-electron chi connectivity index (χ3n) is 4.28. The molecule has 5 heteroatoms. The largest absolute Gasteiger partial charge is 0.398 e. The van der Waals surface area contributed by atoms with Gasteiger partial charge in [0, 0.05) is 24.0 Å². The first-order chi connectivity index (χ1) is 9.45. The van der Waals surface area contributed by atoms with Gasteiger partial charge in [0.1, 0.15) is 6.54 Å². The molecule has 3 N–H and O–H groups in total. The van der Waals surface area contributed by atoms with Crippen molar-refractivity contribution in [2.45, 2.75) is 45.7 Å². The molecular formula is C15H23N3O2. The minimum Gasteiger partial charge on any atom is -0.398 e. The molecule has 1 amide bonds. The third kappa shape index (κ3) is 3.62. The fourth-order valence-corrected chi connectivity index (χ4v) is 2.78. The second kappa shape index (κ2) is 6.11. The molecule has 0 aromatic carbocycles. The SMILES string of the molecule is CC1CCC(NC(=O)Cn2cc(N)ccc2=O)CC1C. The van der Waals surface area contributed by atoms with Crippen molar-refractivity contribution in [3.05, 3.63) is 28.7 Å². The predicted molar refractivity (Wildman–Crippen MR) is 79.2 cm³/mol. The molecule has 0 bridgehead atoms. The van der Waals surface area contributed by atoms with Crippen molar-refractivity contribution in [1.29, 1.82) is 0 Å². The molecule has 0 aliphatic heterocycles. The van der Waals surface area contributed by atoms with Gasteiger partial charge in [-0.3, -0.25) is 9.59 Å². The van der Waals surface area contributed by atoms with E-state index in [4.69, 9.17) is 5.73 Å². The number of hydrogen-bond acceptors (Lipinski definition) is 3. The first-order valence-corrected chi connectivity index (χ1v) is 7.21. The number of amides is 1. The number of hydrogen-bond donors (Lipinski definition) is 2. The zero-order valence-electron chi connectivity index (χ0n) is 12.1. The van der Waals surface area contributed by atoms with Crippen LogP contribution in [0.1, 0.15) is 33.1 Å². The molecule has 2 rings (SSSR count). The van der Waals surface area contributed by atoms with Crippen molar-refractivity contribution in [2.75, 3.05) is 5.73 Å². The van der Waals surface area contributed by atoms with E-state index in [9.17, 15) is 9.59 Å². The fraction of sp³-hybridized carbons (Fsp3) is 0.600. The maximum atomic E-state index is 12.0. The van der Waals surface area contributed by atoms with E-state index in [0.717, 1.165) is 25.2 Å². The van der Waals surface area contributed by atoms with Crippen LogP contribution in [0, 0.1) is 11.8 Å². The van der Waals surface area contributed by atoms with Crippen LogP contribution in [-0.2, 0) is 11.3 Å². The summed E-state index contributed by atoms with van der Waals surface area (Å²) in [5, 5.41) is 3.03. The van der Waals surface area contributed by atoms with E-state index in [1.807, 2.05) is 0 Å². The topological polar surface area (TPSA) is 77.1 Å². The van der Waals surface area contributed by atoms with E-state index in [1.54, 1.807) is 6.07 Å². The van der Waals surface area contributed by atoms with Gasteiger partial charge >= 0.3 is 0 Å². The second-order valence-electron chi connectivity index (χ2n) is 5.96. The first kappa shape index (κ1) is 14.6. The lowest BCUT2D eigenvalue weighted by Gasteiger charge is -2.32. The van der Waals surface area contributed by atoms with E-state index in [-0.39, 0.29) is 24.1 Å². The average Bonchev–Trinajstić information content (AvgIpc) is 2.38. The summed E-state index contributed by atoms with van der Waals surface area (Å²) < 4.78 is 1.35. The number of pyridine rings is 1. The van der Waals surface area contributed by atoms with Crippen molar-refractivity contribution in [3.63, 3.8) is 0 Å². The zero-order valence-corrected chi connectivity index (χ0v) is 12.1. The summed E-state index contributed by atoms with van der Waals surface area (Å²) >= 11 is 0. The summed E-state index contributed by atoms with van der Waals surface area (Å²) in [6, 6.07) is 3.15. The maximum Gasteiger partial charge on any atom is 0.251 e. The quantitative estimate of drug-likeness (QED) is 0.876. The number of carbonyl (C=O) groups is 1. The van der Waals surface area contributed by atoms with Crippen molar-refractivity contribution < 1.29 is 4.79 Å². The van der Waals surface area contributed by atoms with E-state index in [1.165, 1.54) is 16.8 Å². The first-order valence-electron chi connectivity index (χ1n) is 7.21. The Morgan fingerprint density at radius 2 is 2.10 bits per heavy atom. The molecule has 1 aromatic rings. The molecule has 1 aliphatic carbocycles. The molecule has 3 atom stereocenters. The molecule has 0 saturated heterocycles. The third-order valence-corrected chi connectivity index (χ3v) is 4.28. The van der Waals surface area contributed by atoms with Gasteiger partial charge in [-0.15, -0.1) is 0 Å². The second-order valence-corrected chi connectivity index (χ2v) is 5.96. The van der Waals surface area contributed by atoms with Crippen LogP contribution in [0.3, 0.4) is 0 Å². The summed E-state index contributed by atoms with van der Waals surface area (Å²) in [6.07, 6.45) is 4.68. The number of nitrogens with zero attached hydrogens (tertiary/aromatic N) is 1. The Bertz CT molecular complexity index is 538. The minimum absolute atomic E-state index is 0.0321. The molecule has 0 spiro atoms. The summed E-state index contributed by atoms with van der Waals surface area (Å²) in [5.74, 6) is 1.23. The van der Waals surface area contributed by atoms with Crippen molar-refractivity contribution in [1.82, 2.24) is 9.88 Å². The van der Waals surface area contributed by atoms with Crippen molar-refractivity contribution in [2.24, 2.45) is 11.8 Å². The van der Waals surface area contributed by atoms with Gasteiger partial charge in [0.25, 0.3) is 5.56 Å². The number of nitrogens with two attached hydrogens (primary N) is 1. The van der Waals surface area contributed by atoms with Crippen LogP contribution in [0.25, 0.3) is 0 Å². The number of aromatic nitrogens is 1. The van der Waals surface area contributed by atoms with Crippen molar-refractivity contribution in [3.8, 4) is 0 Å². The molecular weight excluding hydrogens is 254 g/mol. The van der Waals surface area contributed by atoms with Crippen LogP contribution in [0.5, 0.6) is 0 Å². The van der Waals surface area contributed by atoms with E-state index >= 15 is 0 Å². The van der Waals surface area contributed by atoms with Crippen LogP contribution in [0.4, 0.5) is 5.69 Å². The summed E-state index contributed by atoms with van der Waals surface area (Å²) in [7, 11) is 0. The Morgan fingerprint density at radius 1 is 1.35 bits per heavy atom. The number of anilines is 1. The van der Waals surface area contributed by atoms with E-state index < -0.39 is 0 Å². The molecule has 1 heterocycles. The number of rotatable bonds is 3. The Balaban J connectivity index is 1.93. The van der Waals surface area contributed by atoms with Gasteiger partial charge in [0.05, 0.1) is 0 Å². The van der Waals surface area contributed by atoms with Crippen LogP contribution in [0.2, 0.25) is 0 Å². The van der Waals surface area contributed by atoms with Crippen LogP contribution < -0.4 is 16.6 Å². The Labute approximate surface area is 119 Å². The van der Waals surface area contributed by atoms with Crippen LogP contribution in [-0.4, -0.2) is 16.5 Å². The predicted octanol–water partition coefficient (Wildman–Crippen LogP) is 1.37. The molecule has 1 aliphatic rings. The van der Waals surface area contributed by atoms with Gasteiger partial charge < -0.3 is 15.6 Å². The van der Waals surface area contributed by atoms with E-state index in [2.05, 4.69) is 19.2 Å². The molecule has 3 unspecified atom stereocenters. The fourth-order valence-electron chi connectivity index (χ4n) is 2.78. The molecule has 1 fully saturated rings. The summed E-state index contributed by atoms with van der Waals surface area (Å²) in [5.41, 5.74) is 5.90. The maximum absolute atomic E-state index is 12.0. The van der Waals surface area contributed by atoms with Gasteiger partial charge in [-0.05, 0) is 37.2 Å². The van der Waals surface area contributed by atoms with Gasteiger partial charge in [-0.25, -0.2) is 0 Å². The molecule has 110 valence electrons. The van der Waals surface area contributed by atoms with Crippen LogP contribution >= 0.6 is 0 Å². The monoisotopic (exact) mass is 277 g/mol. The lowest BCUT2D eigenvalue weighted by molar-refractivity contribution is -0.122. The number of carbonyl (C=O) groups excluding carboxylic acids is 1. The Kier molecular flexibility index (Phi) is 4.47. The number of nitrogen functional groups attached to an aromatic ring is 1. The highest BCUT2D eigenvalue weighted by atomic mass is 16.2.